The second kappa shape index (κ2) is 17.6. The van der Waals surface area contributed by atoms with Gasteiger partial charge < -0.3 is 33.2 Å². The van der Waals surface area contributed by atoms with Gasteiger partial charge in [0, 0.05) is 26.1 Å². The van der Waals surface area contributed by atoms with Crippen molar-refractivity contribution in [2.24, 2.45) is 11.8 Å². The summed E-state index contributed by atoms with van der Waals surface area (Å²) in [5.41, 5.74) is 0. The van der Waals surface area contributed by atoms with E-state index in [-0.39, 0.29) is 36.3 Å². The van der Waals surface area contributed by atoms with Gasteiger partial charge in [-0.2, -0.15) is 0 Å². The Morgan fingerprint density at radius 2 is 0.806 bits per heavy atom. The SMILES string of the molecule is C=C(OC(=C)C(C)COC(C)COC(C)COC)C(C)COC(C)COC(C)COC. The molecular weight excluding hydrogens is 400 g/mol. The van der Waals surface area contributed by atoms with E-state index in [1.54, 1.807) is 14.2 Å². The van der Waals surface area contributed by atoms with Crippen molar-refractivity contribution in [1.82, 2.24) is 0 Å². The first kappa shape index (κ1) is 30.0. The zero-order chi connectivity index (χ0) is 23.8. The van der Waals surface area contributed by atoms with Crippen LogP contribution in [0, 0.1) is 11.8 Å². The molecule has 0 aliphatic carbocycles. The summed E-state index contributed by atoms with van der Waals surface area (Å²) >= 11 is 0. The van der Waals surface area contributed by atoms with E-state index in [0.717, 1.165) is 0 Å². The third kappa shape index (κ3) is 15.5. The second-order valence-corrected chi connectivity index (χ2v) is 8.32. The Morgan fingerprint density at radius 3 is 1.13 bits per heavy atom. The lowest BCUT2D eigenvalue weighted by atomic mass is 10.1. The molecule has 6 unspecified atom stereocenters. The van der Waals surface area contributed by atoms with Crippen molar-refractivity contribution < 1.29 is 33.2 Å². The van der Waals surface area contributed by atoms with Gasteiger partial charge in [0.2, 0.25) is 0 Å². The first-order valence-electron chi connectivity index (χ1n) is 11.1. The highest BCUT2D eigenvalue weighted by atomic mass is 16.6. The summed E-state index contributed by atoms with van der Waals surface area (Å²) in [6.07, 6.45) is 0.0319. The lowest BCUT2D eigenvalue weighted by molar-refractivity contribution is -0.0592. The van der Waals surface area contributed by atoms with Gasteiger partial charge in [-0.15, -0.1) is 0 Å². The molecule has 0 aromatic heterocycles. The van der Waals surface area contributed by atoms with Crippen molar-refractivity contribution in [3.63, 3.8) is 0 Å². The van der Waals surface area contributed by atoms with Gasteiger partial charge >= 0.3 is 0 Å². The molecule has 0 heterocycles. The molecule has 0 N–H and O–H groups in total. The lowest BCUT2D eigenvalue weighted by Crippen LogP contribution is -2.25. The predicted octanol–water partition coefficient (Wildman–Crippen LogP) is 4.22. The number of methoxy groups -OCH3 is 2. The largest absolute Gasteiger partial charge is 0.467 e. The summed E-state index contributed by atoms with van der Waals surface area (Å²) in [5, 5.41) is 0. The number of hydrogen-bond acceptors (Lipinski definition) is 7. The van der Waals surface area contributed by atoms with Crippen LogP contribution in [0.5, 0.6) is 0 Å². The molecule has 0 aliphatic heterocycles. The standard InChI is InChI=1S/C24H46O7/c1-17(11-27-21(5)15-29-19(3)13-25-9)23(7)31-24(8)18(2)12-28-22(6)16-30-20(4)14-26-10/h17-22H,7-8,11-16H2,1-6,9-10H3. The van der Waals surface area contributed by atoms with Gasteiger partial charge in [0.1, 0.15) is 11.5 Å². The van der Waals surface area contributed by atoms with E-state index in [9.17, 15) is 0 Å². The van der Waals surface area contributed by atoms with Gasteiger partial charge in [-0.25, -0.2) is 0 Å². The Kier molecular flexibility index (Phi) is 17.0. The van der Waals surface area contributed by atoms with Crippen molar-refractivity contribution in [3.8, 4) is 0 Å². The van der Waals surface area contributed by atoms with Crippen molar-refractivity contribution >= 4 is 0 Å². The summed E-state index contributed by atoms with van der Waals surface area (Å²) in [4.78, 5) is 0. The molecule has 0 saturated carbocycles. The molecule has 0 radical (unpaired) electrons. The van der Waals surface area contributed by atoms with Gasteiger partial charge in [-0.1, -0.05) is 27.0 Å². The van der Waals surface area contributed by atoms with Crippen LogP contribution in [0.3, 0.4) is 0 Å². The van der Waals surface area contributed by atoms with Gasteiger partial charge in [0.25, 0.3) is 0 Å². The molecule has 7 nitrogen and oxygen atoms in total. The van der Waals surface area contributed by atoms with Crippen LogP contribution in [0.1, 0.15) is 41.5 Å². The zero-order valence-electron chi connectivity index (χ0n) is 21.0. The minimum Gasteiger partial charge on any atom is -0.467 e. The van der Waals surface area contributed by atoms with Crippen LogP contribution in [0.15, 0.2) is 24.7 Å². The quantitative estimate of drug-likeness (QED) is 0.260. The van der Waals surface area contributed by atoms with E-state index in [1.807, 2.05) is 41.5 Å². The lowest BCUT2D eigenvalue weighted by Gasteiger charge is -2.23. The normalized spacial score (nSPS) is 17.4. The summed E-state index contributed by atoms with van der Waals surface area (Å²) in [6.45, 7) is 23.1. The van der Waals surface area contributed by atoms with E-state index in [2.05, 4.69) is 13.2 Å². The fraction of sp³-hybridized carbons (Fsp3) is 0.833. The van der Waals surface area contributed by atoms with Crippen molar-refractivity contribution in [2.75, 3.05) is 53.9 Å². The highest BCUT2D eigenvalue weighted by molar-refractivity contribution is 4.99. The summed E-state index contributed by atoms with van der Waals surface area (Å²) in [7, 11) is 3.32. The molecule has 6 atom stereocenters. The predicted molar refractivity (Wildman–Crippen MR) is 123 cm³/mol. The molecule has 0 saturated heterocycles. The van der Waals surface area contributed by atoms with E-state index >= 15 is 0 Å². The molecule has 31 heavy (non-hydrogen) atoms. The summed E-state index contributed by atoms with van der Waals surface area (Å²) < 4.78 is 39.0. The molecule has 0 bridgehead atoms. The molecular formula is C24H46O7. The third-order valence-corrected chi connectivity index (χ3v) is 4.66. The van der Waals surface area contributed by atoms with Crippen LogP contribution in [-0.4, -0.2) is 78.3 Å². The fourth-order valence-electron chi connectivity index (χ4n) is 2.43. The molecule has 0 amide bonds. The van der Waals surface area contributed by atoms with Gasteiger partial charge in [0.05, 0.1) is 64.1 Å². The van der Waals surface area contributed by atoms with E-state index in [1.165, 1.54) is 0 Å². The smallest absolute Gasteiger partial charge is 0.102 e. The molecule has 0 aromatic rings. The van der Waals surface area contributed by atoms with Crippen LogP contribution in [0.4, 0.5) is 0 Å². The maximum absolute atomic E-state index is 5.85. The molecule has 0 fully saturated rings. The topological polar surface area (TPSA) is 64.6 Å². The molecule has 0 aromatic carbocycles. The van der Waals surface area contributed by atoms with E-state index < -0.39 is 0 Å². The van der Waals surface area contributed by atoms with E-state index in [0.29, 0.717) is 51.2 Å². The minimum absolute atomic E-state index is 0.0262. The molecule has 0 aliphatic rings. The Labute approximate surface area is 190 Å². The molecule has 0 spiro atoms. The van der Waals surface area contributed by atoms with Gasteiger partial charge in [-0.3, -0.25) is 0 Å². The van der Waals surface area contributed by atoms with Crippen LogP contribution in [0.25, 0.3) is 0 Å². The summed E-state index contributed by atoms with van der Waals surface area (Å²) in [6, 6.07) is 0. The third-order valence-electron chi connectivity index (χ3n) is 4.66. The summed E-state index contributed by atoms with van der Waals surface area (Å²) in [5.74, 6) is 1.31. The highest BCUT2D eigenvalue weighted by Gasteiger charge is 2.17. The van der Waals surface area contributed by atoms with Crippen molar-refractivity contribution in [1.29, 1.82) is 0 Å². The Balaban J connectivity index is 4.12. The van der Waals surface area contributed by atoms with Crippen LogP contribution >= 0.6 is 0 Å². The van der Waals surface area contributed by atoms with Crippen LogP contribution < -0.4 is 0 Å². The Hall–Kier alpha value is -0.960. The zero-order valence-corrected chi connectivity index (χ0v) is 21.0. The number of ether oxygens (including phenoxy) is 7. The number of rotatable bonds is 20. The second-order valence-electron chi connectivity index (χ2n) is 8.32. The van der Waals surface area contributed by atoms with Gasteiger partial charge in [0.15, 0.2) is 0 Å². The van der Waals surface area contributed by atoms with Gasteiger partial charge in [-0.05, 0) is 27.7 Å². The maximum Gasteiger partial charge on any atom is 0.102 e. The molecule has 7 heteroatoms. The highest BCUT2D eigenvalue weighted by Crippen LogP contribution is 2.20. The van der Waals surface area contributed by atoms with Crippen LogP contribution in [0.2, 0.25) is 0 Å². The minimum atomic E-state index is -0.0274. The number of hydrogen-bond donors (Lipinski definition) is 0. The average molecular weight is 447 g/mol. The first-order valence-corrected chi connectivity index (χ1v) is 11.1. The molecule has 184 valence electrons. The Bertz CT molecular complexity index is 441. The van der Waals surface area contributed by atoms with Crippen molar-refractivity contribution in [2.45, 2.75) is 66.0 Å². The monoisotopic (exact) mass is 446 g/mol. The van der Waals surface area contributed by atoms with Crippen molar-refractivity contribution in [3.05, 3.63) is 24.7 Å². The maximum atomic E-state index is 5.85. The average Bonchev–Trinajstić information content (AvgIpc) is 2.72. The first-order chi connectivity index (χ1) is 14.6. The Morgan fingerprint density at radius 1 is 0.516 bits per heavy atom. The molecule has 0 rings (SSSR count). The fourth-order valence-corrected chi connectivity index (χ4v) is 2.43. The van der Waals surface area contributed by atoms with E-state index in [4.69, 9.17) is 33.2 Å². The van der Waals surface area contributed by atoms with Crippen LogP contribution in [-0.2, 0) is 33.2 Å².